The summed E-state index contributed by atoms with van der Waals surface area (Å²) in [5.74, 6) is -3.30. The predicted molar refractivity (Wildman–Crippen MR) is 108 cm³/mol. The van der Waals surface area contributed by atoms with Gasteiger partial charge in [0.25, 0.3) is 11.8 Å². The first-order valence-corrected chi connectivity index (χ1v) is 9.30. The topological polar surface area (TPSA) is 108 Å². The smallest absolute Gasteiger partial charge is 0.329 e. The van der Waals surface area contributed by atoms with E-state index in [0.29, 0.717) is 5.69 Å². The summed E-state index contributed by atoms with van der Waals surface area (Å²) < 4.78 is 19.0. The van der Waals surface area contributed by atoms with Crippen LogP contribution in [0.3, 0.4) is 0 Å². The van der Waals surface area contributed by atoms with E-state index in [1.807, 2.05) is 6.07 Å². The molecule has 0 unspecified atom stereocenters. The number of hydrogen-bond acceptors (Lipinski definition) is 5. The second-order valence-corrected chi connectivity index (χ2v) is 6.90. The summed E-state index contributed by atoms with van der Waals surface area (Å²) in [6.45, 7) is 4.74. The first-order valence-electron chi connectivity index (χ1n) is 9.30. The Bertz CT molecular complexity index is 984. The Kier molecular flexibility index (Phi) is 7.64. The largest absolute Gasteiger partial charge is 0.451 e. The standard InChI is InChI=1S/C22H22FN3O4/c1-13(2)19(26-21(28)16-9-5-6-10-17(16)23)22(29)30-14(3)20(27)25-18-11-7-4-8-15(18)12-24/h4-11,13-14,19H,1-3H3,(H,25,27)(H,26,28)/t14-,19+/m1/s1. The molecule has 0 spiro atoms. The Balaban J connectivity index is 2.05. The number of carbonyl (C=O) groups is 3. The molecule has 0 fully saturated rings. The van der Waals surface area contributed by atoms with E-state index >= 15 is 0 Å². The predicted octanol–water partition coefficient (Wildman–Crippen LogP) is 3.02. The Morgan fingerprint density at radius 3 is 2.30 bits per heavy atom. The van der Waals surface area contributed by atoms with Crippen molar-refractivity contribution >= 4 is 23.5 Å². The maximum absolute atomic E-state index is 13.8. The van der Waals surface area contributed by atoms with Crippen molar-refractivity contribution in [3.8, 4) is 6.07 Å². The lowest BCUT2D eigenvalue weighted by Gasteiger charge is -2.23. The Morgan fingerprint density at radius 2 is 1.67 bits per heavy atom. The third kappa shape index (κ3) is 5.64. The highest BCUT2D eigenvalue weighted by Gasteiger charge is 2.30. The van der Waals surface area contributed by atoms with Crippen LogP contribution in [0, 0.1) is 23.1 Å². The normalized spacial score (nSPS) is 12.4. The number of ether oxygens (including phenoxy) is 1. The van der Waals surface area contributed by atoms with Crippen LogP contribution in [0.1, 0.15) is 36.7 Å². The number of rotatable bonds is 7. The average molecular weight is 411 g/mol. The second-order valence-electron chi connectivity index (χ2n) is 6.90. The van der Waals surface area contributed by atoms with Gasteiger partial charge in [-0.3, -0.25) is 9.59 Å². The van der Waals surface area contributed by atoms with Crippen molar-refractivity contribution in [3.63, 3.8) is 0 Å². The van der Waals surface area contributed by atoms with Gasteiger partial charge in [-0.15, -0.1) is 0 Å². The van der Waals surface area contributed by atoms with Gasteiger partial charge >= 0.3 is 5.97 Å². The number of hydrogen-bond donors (Lipinski definition) is 2. The fourth-order valence-electron chi connectivity index (χ4n) is 2.59. The molecule has 8 heteroatoms. The zero-order valence-electron chi connectivity index (χ0n) is 16.8. The van der Waals surface area contributed by atoms with E-state index in [0.717, 1.165) is 6.07 Å². The van der Waals surface area contributed by atoms with Gasteiger partial charge in [-0.05, 0) is 37.1 Å². The van der Waals surface area contributed by atoms with Gasteiger partial charge in [-0.1, -0.05) is 38.1 Å². The Labute approximate surface area is 173 Å². The minimum absolute atomic E-state index is 0.199. The van der Waals surface area contributed by atoms with Crippen LogP contribution in [-0.2, 0) is 14.3 Å². The highest BCUT2D eigenvalue weighted by molar-refractivity contribution is 5.98. The first-order chi connectivity index (χ1) is 14.2. The minimum Gasteiger partial charge on any atom is -0.451 e. The maximum atomic E-state index is 13.8. The monoisotopic (exact) mass is 411 g/mol. The van der Waals surface area contributed by atoms with Crippen LogP contribution < -0.4 is 10.6 Å². The molecule has 2 N–H and O–H groups in total. The number of nitriles is 1. The summed E-state index contributed by atoms with van der Waals surface area (Å²) >= 11 is 0. The van der Waals surface area contributed by atoms with Crippen molar-refractivity contribution in [1.29, 1.82) is 5.26 Å². The summed E-state index contributed by atoms with van der Waals surface area (Å²) in [6, 6.07) is 12.7. The van der Waals surface area contributed by atoms with Crippen LogP contribution in [0.25, 0.3) is 0 Å². The van der Waals surface area contributed by atoms with Crippen molar-refractivity contribution in [2.75, 3.05) is 5.32 Å². The molecule has 156 valence electrons. The van der Waals surface area contributed by atoms with Crippen molar-refractivity contribution in [3.05, 3.63) is 65.5 Å². The number of nitrogens with zero attached hydrogens (tertiary/aromatic N) is 1. The van der Waals surface area contributed by atoms with Crippen molar-refractivity contribution < 1.29 is 23.5 Å². The molecule has 0 saturated carbocycles. The van der Waals surface area contributed by atoms with Gasteiger partial charge in [0.05, 0.1) is 16.8 Å². The molecular weight excluding hydrogens is 389 g/mol. The number of amides is 2. The molecule has 0 aliphatic heterocycles. The van der Waals surface area contributed by atoms with Crippen molar-refractivity contribution in [2.24, 2.45) is 5.92 Å². The fourth-order valence-corrected chi connectivity index (χ4v) is 2.59. The van der Waals surface area contributed by atoms with Gasteiger partial charge in [0.15, 0.2) is 6.10 Å². The molecule has 0 bridgehead atoms. The molecule has 7 nitrogen and oxygen atoms in total. The lowest BCUT2D eigenvalue weighted by atomic mass is 10.0. The maximum Gasteiger partial charge on any atom is 0.329 e. The van der Waals surface area contributed by atoms with E-state index in [9.17, 15) is 18.8 Å². The van der Waals surface area contributed by atoms with E-state index in [4.69, 9.17) is 10.00 Å². The summed E-state index contributed by atoms with van der Waals surface area (Å²) in [7, 11) is 0. The summed E-state index contributed by atoms with van der Waals surface area (Å²) in [6.07, 6.45) is -1.18. The molecule has 2 aromatic rings. The van der Waals surface area contributed by atoms with Gasteiger partial charge in [-0.2, -0.15) is 5.26 Å². The molecule has 2 rings (SSSR count). The molecule has 0 aromatic heterocycles. The summed E-state index contributed by atoms with van der Waals surface area (Å²) in [5.41, 5.74) is 0.359. The number of nitrogens with one attached hydrogen (secondary N) is 2. The Morgan fingerprint density at radius 1 is 1.03 bits per heavy atom. The second kappa shape index (κ2) is 10.2. The quantitative estimate of drug-likeness (QED) is 0.681. The van der Waals surface area contributed by atoms with E-state index in [-0.39, 0.29) is 17.0 Å². The lowest BCUT2D eigenvalue weighted by molar-refractivity contribution is -0.156. The van der Waals surface area contributed by atoms with E-state index in [1.54, 1.807) is 38.1 Å². The molecule has 2 atom stereocenters. The van der Waals surface area contributed by atoms with Crippen molar-refractivity contribution in [1.82, 2.24) is 5.32 Å². The molecule has 0 saturated heterocycles. The third-order valence-corrected chi connectivity index (χ3v) is 4.29. The molecule has 2 amide bonds. The first kappa shape index (κ1) is 22.6. The van der Waals surface area contributed by atoms with Gasteiger partial charge in [0.2, 0.25) is 0 Å². The van der Waals surface area contributed by atoms with Crippen LogP contribution in [0.2, 0.25) is 0 Å². The molecular formula is C22H22FN3O4. The van der Waals surface area contributed by atoms with E-state index in [1.165, 1.54) is 25.1 Å². The number of para-hydroxylation sites is 1. The lowest BCUT2D eigenvalue weighted by Crippen LogP contribution is -2.47. The number of anilines is 1. The van der Waals surface area contributed by atoms with Gasteiger partial charge in [0.1, 0.15) is 17.9 Å². The van der Waals surface area contributed by atoms with Crippen LogP contribution in [-0.4, -0.2) is 29.9 Å². The Hall–Kier alpha value is -3.73. The highest BCUT2D eigenvalue weighted by atomic mass is 19.1. The third-order valence-electron chi connectivity index (χ3n) is 4.29. The molecule has 0 aliphatic rings. The zero-order valence-corrected chi connectivity index (χ0v) is 16.8. The summed E-state index contributed by atoms with van der Waals surface area (Å²) in [4.78, 5) is 37.3. The fraction of sp³-hybridized carbons (Fsp3) is 0.273. The molecule has 0 heterocycles. The van der Waals surface area contributed by atoms with Gasteiger partial charge in [-0.25, -0.2) is 9.18 Å². The van der Waals surface area contributed by atoms with E-state index in [2.05, 4.69) is 10.6 Å². The molecule has 30 heavy (non-hydrogen) atoms. The summed E-state index contributed by atoms with van der Waals surface area (Å²) in [5, 5.41) is 14.1. The average Bonchev–Trinajstić information content (AvgIpc) is 2.72. The number of benzene rings is 2. The van der Waals surface area contributed by atoms with Crippen LogP contribution in [0.4, 0.5) is 10.1 Å². The van der Waals surface area contributed by atoms with E-state index < -0.39 is 35.7 Å². The van der Waals surface area contributed by atoms with Gasteiger partial charge < -0.3 is 15.4 Å². The molecule has 0 radical (unpaired) electrons. The van der Waals surface area contributed by atoms with Crippen LogP contribution in [0.15, 0.2) is 48.5 Å². The SMILES string of the molecule is CC(C)[C@H](NC(=O)c1ccccc1F)C(=O)O[C@H](C)C(=O)Nc1ccccc1C#N. The molecule has 0 aliphatic carbocycles. The van der Waals surface area contributed by atoms with Crippen LogP contribution in [0.5, 0.6) is 0 Å². The number of halogens is 1. The van der Waals surface area contributed by atoms with Crippen LogP contribution >= 0.6 is 0 Å². The zero-order chi connectivity index (χ0) is 22.3. The molecule has 2 aromatic carbocycles. The van der Waals surface area contributed by atoms with Gasteiger partial charge in [0, 0.05) is 0 Å². The highest BCUT2D eigenvalue weighted by Crippen LogP contribution is 2.15. The number of esters is 1. The minimum atomic E-state index is -1.18. The van der Waals surface area contributed by atoms with Crippen molar-refractivity contribution in [2.45, 2.75) is 32.9 Å². The number of carbonyl (C=O) groups excluding carboxylic acids is 3.